The van der Waals surface area contributed by atoms with Crippen LogP contribution in [0.15, 0.2) is 29.3 Å². The third-order valence-electron chi connectivity index (χ3n) is 3.23. The summed E-state index contributed by atoms with van der Waals surface area (Å²) < 4.78 is 0. The first-order valence-corrected chi connectivity index (χ1v) is 6.00. The Hall–Kier alpha value is -2.41. The van der Waals surface area contributed by atoms with Gasteiger partial charge in [0.15, 0.2) is 0 Å². The van der Waals surface area contributed by atoms with Crippen LogP contribution >= 0.6 is 0 Å². The minimum Gasteiger partial charge on any atom is -0.274 e. The zero-order valence-corrected chi connectivity index (χ0v) is 11.2. The molecule has 96 valence electrons. The summed E-state index contributed by atoms with van der Waals surface area (Å²) >= 11 is 0. The van der Waals surface area contributed by atoms with Gasteiger partial charge in [0.2, 0.25) is 5.91 Å². The second-order valence-electron chi connectivity index (χ2n) is 4.77. The molecule has 0 unspecified atom stereocenters. The van der Waals surface area contributed by atoms with Gasteiger partial charge in [0.25, 0.3) is 5.91 Å². The van der Waals surface area contributed by atoms with E-state index in [4.69, 9.17) is 5.26 Å². The van der Waals surface area contributed by atoms with Gasteiger partial charge in [0.05, 0.1) is 12.1 Å². The first-order valence-electron chi connectivity index (χ1n) is 6.00. The molecular formula is C15H14N2O2. The fraction of sp³-hybridized carbons (Fsp3) is 0.267. The summed E-state index contributed by atoms with van der Waals surface area (Å²) in [5.74, 6) is -0.805. The maximum Gasteiger partial charge on any atom is 0.275 e. The third-order valence-corrected chi connectivity index (χ3v) is 3.23. The second kappa shape index (κ2) is 4.69. The lowest BCUT2D eigenvalue weighted by Crippen LogP contribution is -2.41. The molecule has 1 aromatic rings. The van der Waals surface area contributed by atoms with E-state index < -0.39 is 5.91 Å². The number of hydrogen-bond acceptors (Lipinski definition) is 3. The fourth-order valence-corrected chi connectivity index (χ4v) is 2.15. The number of nitriles is 1. The molecule has 2 rings (SSSR count). The van der Waals surface area contributed by atoms with E-state index in [1.165, 1.54) is 0 Å². The van der Waals surface area contributed by atoms with Gasteiger partial charge in [-0.25, -0.2) is 4.90 Å². The molecule has 1 aliphatic heterocycles. The number of hydrogen-bond donors (Lipinski definition) is 0. The van der Waals surface area contributed by atoms with E-state index in [1.54, 1.807) is 13.0 Å². The molecule has 0 saturated carbocycles. The highest BCUT2D eigenvalue weighted by molar-refractivity contribution is 6.25. The molecule has 0 atom stereocenters. The van der Waals surface area contributed by atoms with E-state index in [0.717, 1.165) is 16.0 Å². The molecule has 0 saturated heterocycles. The van der Waals surface area contributed by atoms with Crippen molar-refractivity contribution in [3.63, 3.8) is 0 Å². The van der Waals surface area contributed by atoms with Crippen molar-refractivity contribution < 1.29 is 9.59 Å². The van der Waals surface area contributed by atoms with E-state index >= 15 is 0 Å². The number of benzene rings is 1. The van der Waals surface area contributed by atoms with Crippen molar-refractivity contribution in [1.82, 2.24) is 0 Å². The first kappa shape index (κ1) is 13.0. The fourth-order valence-electron chi connectivity index (χ4n) is 2.15. The molecule has 1 aromatic carbocycles. The molecule has 2 amide bonds. The number of imide groups is 1. The number of amides is 2. The van der Waals surface area contributed by atoms with Crippen molar-refractivity contribution in [1.29, 1.82) is 5.26 Å². The summed E-state index contributed by atoms with van der Waals surface area (Å²) in [6, 6.07) is 7.47. The predicted molar refractivity (Wildman–Crippen MR) is 71.3 cm³/mol. The highest BCUT2D eigenvalue weighted by Gasteiger charge is 2.33. The number of anilines is 1. The quantitative estimate of drug-likeness (QED) is 0.723. The smallest absolute Gasteiger partial charge is 0.274 e. The van der Waals surface area contributed by atoms with Crippen LogP contribution in [0.25, 0.3) is 0 Å². The van der Waals surface area contributed by atoms with Crippen LogP contribution in [0.2, 0.25) is 0 Å². The van der Waals surface area contributed by atoms with Gasteiger partial charge in [0.1, 0.15) is 11.6 Å². The Labute approximate surface area is 111 Å². The molecule has 1 aliphatic rings. The average molecular weight is 254 g/mol. The van der Waals surface area contributed by atoms with Gasteiger partial charge in [-0.1, -0.05) is 12.1 Å². The van der Waals surface area contributed by atoms with E-state index in [0.29, 0.717) is 11.3 Å². The Morgan fingerprint density at radius 1 is 1.21 bits per heavy atom. The zero-order chi connectivity index (χ0) is 14.2. The molecule has 0 spiro atoms. The summed E-state index contributed by atoms with van der Waals surface area (Å²) in [5.41, 5.74) is 2.98. The molecule has 19 heavy (non-hydrogen) atoms. The van der Waals surface area contributed by atoms with Crippen LogP contribution in [-0.2, 0) is 9.59 Å². The van der Waals surface area contributed by atoms with E-state index in [9.17, 15) is 9.59 Å². The Balaban J connectivity index is 2.57. The molecule has 4 heteroatoms. The number of rotatable bonds is 1. The lowest BCUT2D eigenvalue weighted by atomic mass is 9.99. The van der Waals surface area contributed by atoms with Gasteiger partial charge in [-0.05, 0) is 43.5 Å². The maximum atomic E-state index is 12.3. The molecule has 0 aliphatic carbocycles. The van der Waals surface area contributed by atoms with E-state index in [2.05, 4.69) is 0 Å². The van der Waals surface area contributed by atoms with Crippen LogP contribution in [0.5, 0.6) is 0 Å². The van der Waals surface area contributed by atoms with E-state index in [1.807, 2.05) is 32.0 Å². The molecule has 0 aromatic heterocycles. The molecule has 0 bridgehead atoms. The van der Waals surface area contributed by atoms with Gasteiger partial charge < -0.3 is 0 Å². The topological polar surface area (TPSA) is 61.2 Å². The van der Waals surface area contributed by atoms with Crippen molar-refractivity contribution in [3.8, 4) is 6.07 Å². The molecule has 0 radical (unpaired) electrons. The minimum atomic E-state index is -0.523. The molecule has 0 N–H and O–H groups in total. The van der Waals surface area contributed by atoms with Crippen molar-refractivity contribution in [2.24, 2.45) is 0 Å². The Morgan fingerprint density at radius 2 is 1.89 bits per heavy atom. The van der Waals surface area contributed by atoms with Crippen LogP contribution in [0, 0.1) is 25.2 Å². The standard InChI is InChI=1S/C15H14N2O2/c1-9-4-5-10(2)13(6-9)17-14(18)7-11(3)12(8-16)15(17)19/h4-6H,7H2,1-3H3. The molecule has 1 heterocycles. The average Bonchev–Trinajstić information content (AvgIpc) is 2.33. The SMILES string of the molecule is CC1=C(C#N)C(=O)N(c2cc(C)ccc2C)C(=O)C1. The third kappa shape index (κ3) is 2.15. The van der Waals surface area contributed by atoms with Gasteiger partial charge in [-0.3, -0.25) is 9.59 Å². The summed E-state index contributed by atoms with van der Waals surface area (Å²) in [5, 5.41) is 9.04. The number of carbonyl (C=O) groups excluding carboxylic acids is 2. The Kier molecular flexibility index (Phi) is 3.22. The highest BCUT2D eigenvalue weighted by atomic mass is 16.2. The summed E-state index contributed by atoms with van der Waals surface area (Å²) in [4.78, 5) is 25.5. The van der Waals surface area contributed by atoms with Crippen molar-refractivity contribution in [2.75, 3.05) is 4.90 Å². The van der Waals surface area contributed by atoms with Crippen LogP contribution in [0.4, 0.5) is 5.69 Å². The highest BCUT2D eigenvalue weighted by Crippen LogP contribution is 2.28. The first-order chi connectivity index (χ1) is 8.95. The summed E-state index contributed by atoms with van der Waals surface area (Å²) in [7, 11) is 0. The predicted octanol–water partition coefficient (Wildman–Crippen LogP) is 2.41. The van der Waals surface area contributed by atoms with Crippen LogP contribution in [-0.4, -0.2) is 11.8 Å². The normalized spacial score (nSPS) is 15.8. The molecule has 0 fully saturated rings. The van der Waals surface area contributed by atoms with Crippen LogP contribution in [0.1, 0.15) is 24.5 Å². The molecule has 4 nitrogen and oxygen atoms in total. The van der Waals surface area contributed by atoms with E-state index in [-0.39, 0.29) is 17.9 Å². The van der Waals surface area contributed by atoms with Gasteiger partial charge in [0, 0.05) is 0 Å². The van der Waals surface area contributed by atoms with Crippen LogP contribution in [0.3, 0.4) is 0 Å². The number of carbonyl (C=O) groups is 2. The van der Waals surface area contributed by atoms with Crippen molar-refractivity contribution in [2.45, 2.75) is 27.2 Å². The Bertz CT molecular complexity index is 651. The monoisotopic (exact) mass is 254 g/mol. The summed E-state index contributed by atoms with van der Waals surface area (Å²) in [6.45, 7) is 5.38. The van der Waals surface area contributed by atoms with Crippen LogP contribution < -0.4 is 4.90 Å². The van der Waals surface area contributed by atoms with Gasteiger partial charge >= 0.3 is 0 Å². The van der Waals surface area contributed by atoms with Gasteiger partial charge in [-0.15, -0.1) is 0 Å². The number of aryl methyl sites for hydroxylation is 2. The van der Waals surface area contributed by atoms with Gasteiger partial charge in [-0.2, -0.15) is 5.26 Å². The zero-order valence-electron chi connectivity index (χ0n) is 11.2. The lowest BCUT2D eigenvalue weighted by Gasteiger charge is -2.27. The summed E-state index contributed by atoms with van der Waals surface area (Å²) in [6.07, 6.45) is 0.113. The number of nitrogens with zero attached hydrogens (tertiary/aromatic N) is 2. The largest absolute Gasteiger partial charge is 0.275 e. The second-order valence-corrected chi connectivity index (χ2v) is 4.77. The van der Waals surface area contributed by atoms with Crippen molar-refractivity contribution >= 4 is 17.5 Å². The maximum absolute atomic E-state index is 12.3. The minimum absolute atomic E-state index is 0.0699. The molecular weight excluding hydrogens is 240 g/mol. The van der Waals surface area contributed by atoms with Crippen molar-refractivity contribution in [3.05, 3.63) is 40.5 Å². The Morgan fingerprint density at radius 3 is 2.53 bits per heavy atom. The lowest BCUT2D eigenvalue weighted by molar-refractivity contribution is -0.125.